The number of aromatic nitrogens is 4. The number of aromatic amines is 1. The van der Waals surface area contributed by atoms with Gasteiger partial charge >= 0.3 is 19.0 Å². The van der Waals surface area contributed by atoms with E-state index >= 15 is 0 Å². The van der Waals surface area contributed by atoms with Gasteiger partial charge in [0.15, 0.2) is 17.8 Å². The van der Waals surface area contributed by atoms with Gasteiger partial charge in [-0.2, -0.15) is 40.2 Å². The van der Waals surface area contributed by atoms with E-state index < -0.39 is 53.1 Å². The predicted molar refractivity (Wildman–Crippen MR) is 143 cm³/mol. The maximum Gasteiger partial charge on any atom is 0.437 e. The summed E-state index contributed by atoms with van der Waals surface area (Å²) in [6.45, 7) is -2.32. The van der Waals surface area contributed by atoms with Crippen molar-refractivity contribution in [2.75, 3.05) is 31.7 Å². The highest BCUT2D eigenvalue weighted by atomic mass is 19.4. The van der Waals surface area contributed by atoms with E-state index in [9.17, 15) is 49.1 Å². The second kappa shape index (κ2) is 15.8. The van der Waals surface area contributed by atoms with E-state index in [1.54, 1.807) is 17.0 Å². The summed E-state index contributed by atoms with van der Waals surface area (Å²) in [5.74, 6) is -1.83. The van der Waals surface area contributed by atoms with Gasteiger partial charge in [0.25, 0.3) is 5.56 Å². The van der Waals surface area contributed by atoms with Crippen LogP contribution in [0.15, 0.2) is 34.3 Å². The Morgan fingerprint density at radius 3 is 2.29 bits per heavy atom. The Bertz CT molecular complexity index is 1530. The number of carbonyl (C=O) groups is 1. The van der Waals surface area contributed by atoms with Gasteiger partial charge in [-0.15, -0.1) is 0 Å². The standard InChI is InChI=1S/C20H21F6N5O2.C5H4F3N3O/c1-31(5-3-2-4-6-33-19(22)23)11-29-15-8-13(14(21)7-12(15)10-32)16-9-28-17(18(27)30-16)20(24,25)26;6-5(7,8)3-2(9)1-10-11-4(3)12/h7-11,19H,2-6H2,1H3,(H2,27,30);1H,(H3,9,11,12). The number of nitrogens with two attached hydrogens (primary N) is 2. The SMILES string of the molecule is CN(C=Nc1cc(-c2cnc(C(F)(F)F)c(N)n2)c(F)cc1C=O)CCCCCOC(F)F.Nc1cn[nH]c(=O)c1C(F)(F)F. The molecule has 0 spiro atoms. The Morgan fingerprint density at radius 1 is 1.07 bits per heavy atom. The highest BCUT2D eigenvalue weighted by Gasteiger charge is 2.37. The van der Waals surface area contributed by atoms with Crippen molar-refractivity contribution < 1.29 is 49.0 Å². The number of unbranched alkanes of at least 4 members (excludes halogenated alkanes) is 2. The van der Waals surface area contributed by atoms with Crippen LogP contribution in [-0.2, 0) is 17.1 Å². The van der Waals surface area contributed by atoms with Gasteiger partial charge in [-0.3, -0.25) is 9.59 Å². The third-order valence-electron chi connectivity index (χ3n) is 5.55. The van der Waals surface area contributed by atoms with Crippen molar-refractivity contribution in [1.82, 2.24) is 25.1 Å². The molecule has 5 N–H and O–H groups in total. The zero-order valence-electron chi connectivity index (χ0n) is 23.1. The lowest BCUT2D eigenvalue weighted by Gasteiger charge is -2.13. The molecule has 2 aromatic heterocycles. The van der Waals surface area contributed by atoms with Crippen molar-refractivity contribution in [3.8, 4) is 11.3 Å². The number of nitrogens with zero attached hydrogens (tertiary/aromatic N) is 5. The van der Waals surface area contributed by atoms with Gasteiger partial charge in [0.05, 0.1) is 42.4 Å². The number of alkyl halides is 8. The van der Waals surface area contributed by atoms with E-state index in [-0.39, 0.29) is 29.1 Å². The molecule has 0 aliphatic rings. The van der Waals surface area contributed by atoms with Crippen molar-refractivity contribution in [3.05, 3.63) is 57.5 Å². The van der Waals surface area contributed by atoms with Crippen LogP contribution < -0.4 is 17.0 Å². The normalized spacial score (nSPS) is 11.9. The zero-order valence-corrected chi connectivity index (χ0v) is 23.1. The first-order valence-corrected chi connectivity index (χ1v) is 12.5. The number of hydrogen-bond acceptors (Lipinski definition) is 9. The minimum absolute atomic E-state index is 0.0477. The predicted octanol–water partition coefficient (Wildman–Crippen LogP) is 5.07. The third-order valence-corrected chi connectivity index (χ3v) is 5.55. The molecule has 0 saturated carbocycles. The molecule has 3 rings (SSSR count). The largest absolute Gasteiger partial charge is 0.437 e. The number of anilines is 2. The number of aldehydes is 1. The fourth-order valence-corrected chi connectivity index (χ4v) is 3.47. The van der Waals surface area contributed by atoms with Gasteiger partial charge < -0.3 is 21.1 Å². The van der Waals surface area contributed by atoms with E-state index in [4.69, 9.17) is 11.5 Å². The average Bonchev–Trinajstić information content (AvgIpc) is 2.92. The fraction of sp³-hybridized carbons (Fsp3) is 0.360. The Kier molecular flexibility index (Phi) is 12.8. The van der Waals surface area contributed by atoms with Crippen LogP contribution in [0.5, 0.6) is 0 Å². The number of aliphatic imine (C=N–C) groups is 1. The maximum absolute atomic E-state index is 14.5. The molecule has 11 nitrogen and oxygen atoms in total. The Labute approximate surface area is 248 Å². The fourth-order valence-electron chi connectivity index (χ4n) is 3.47. The first-order chi connectivity index (χ1) is 20.9. The number of nitrogen functional groups attached to an aromatic ring is 2. The highest BCUT2D eigenvalue weighted by Crippen LogP contribution is 2.34. The summed E-state index contributed by atoms with van der Waals surface area (Å²) in [5, 5.41) is 4.74. The molecule has 0 bridgehead atoms. The number of halogens is 9. The van der Waals surface area contributed by atoms with Crippen LogP contribution in [0.3, 0.4) is 0 Å². The lowest BCUT2D eigenvalue weighted by atomic mass is 10.1. The summed E-state index contributed by atoms with van der Waals surface area (Å²) in [6.07, 6.45) is -4.55. The minimum Gasteiger partial charge on any atom is -0.397 e. The molecule has 0 amide bonds. The molecular formula is C25H25F9N8O3. The second-order valence-corrected chi connectivity index (χ2v) is 8.94. The molecular weight excluding hydrogens is 631 g/mol. The third kappa shape index (κ3) is 11.0. The van der Waals surface area contributed by atoms with E-state index in [0.717, 1.165) is 24.5 Å². The monoisotopic (exact) mass is 656 g/mol. The number of ether oxygens (including phenoxy) is 1. The van der Waals surface area contributed by atoms with Crippen LogP contribution in [0.4, 0.5) is 56.7 Å². The molecule has 45 heavy (non-hydrogen) atoms. The van der Waals surface area contributed by atoms with Crippen LogP contribution >= 0.6 is 0 Å². The molecule has 0 unspecified atom stereocenters. The molecule has 0 aliphatic carbocycles. The van der Waals surface area contributed by atoms with Crippen LogP contribution in [-0.4, -0.2) is 64.5 Å². The molecule has 0 saturated heterocycles. The summed E-state index contributed by atoms with van der Waals surface area (Å²) in [6, 6.07) is 2.04. The Hall–Kier alpha value is -4.75. The minimum atomic E-state index is -4.81. The van der Waals surface area contributed by atoms with Crippen LogP contribution in [0.1, 0.15) is 40.9 Å². The smallest absolute Gasteiger partial charge is 0.397 e. The molecule has 2 heterocycles. The summed E-state index contributed by atoms with van der Waals surface area (Å²) in [4.78, 5) is 34.5. The number of benzene rings is 1. The number of rotatable bonds is 11. The van der Waals surface area contributed by atoms with E-state index in [0.29, 0.717) is 32.1 Å². The number of carbonyl (C=O) groups excluding carboxylic acids is 1. The summed E-state index contributed by atoms with van der Waals surface area (Å²) < 4.78 is 117. The van der Waals surface area contributed by atoms with Gasteiger partial charge in [-0.05, 0) is 31.4 Å². The topological polar surface area (TPSA) is 165 Å². The lowest BCUT2D eigenvalue weighted by molar-refractivity contribution is -0.140. The number of nitrogens with one attached hydrogen (secondary N) is 1. The zero-order chi connectivity index (χ0) is 33.9. The van der Waals surface area contributed by atoms with Gasteiger partial charge in [0.2, 0.25) is 0 Å². The van der Waals surface area contributed by atoms with Gasteiger partial charge in [0, 0.05) is 24.7 Å². The van der Waals surface area contributed by atoms with Crippen molar-refractivity contribution in [2.24, 2.45) is 4.99 Å². The molecule has 246 valence electrons. The lowest BCUT2D eigenvalue weighted by Crippen LogP contribution is -2.24. The van der Waals surface area contributed by atoms with Crippen LogP contribution in [0.25, 0.3) is 11.3 Å². The quantitative estimate of drug-likeness (QED) is 0.0840. The van der Waals surface area contributed by atoms with Crippen LogP contribution in [0, 0.1) is 5.82 Å². The van der Waals surface area contributed by atoms with E-state index in [1.165, 1.54) is 6.34 Å². The molecule has 3 aromatic rings. The van der Waals surface area contributed by atoms with Gasteiger partial charge in [-0.25, -0.2) is 24.4 Å². The van der Waals surface area contributed by atoms with Crippen molar-refractivity contribution in [3.63, 3.8) is 0 Å². The van der Waals surface area contributed by atoms with E-state index in [1.807, 2.05) is 0 Å². The van der Waals surface area contributed by atoms with Crippen molar-refractivity contribution in [2.45, 2.75) is 38.2 Å². The van der Waals surface area contributed by atoms with Gasteiger partial charge in [-0.1, -0.05) is 0 Å². The van der Waals surface area contributed by atoms with Gasteiger partial charge in [0.1, 0.15) is 11.4 Å². The molecule has 0 atom stereocenters. The first kappa shape index (κ1) is 36.4. The molecule has 20 heteroatoms. The number of H-pyrrole nitrogens is 1. The Morgan fingerprint density at radius 2 is 1.76 bits per heavy atom. The molecule has 0 fully saturated rings. The summed E-state index contributed by atoms with van der Waals surface area (Å²) in [5.41, 5.74) is 4.91. The van der Waals surface area contributed by atoms with E-state index in [2.05, 4.69) is 24.8 Å². The molecule has 1 aromatic carbocycles. The van der Waals surface area contributed by atoms with Crippen molar-refractivity contribution in [1.29, 1.82) is 0 Å². The maximum atomic E-state index is 14.5. The molecule has 0 radical (unpaired) electrons. The average molecular weight is 657 g/mol. The molecule has 0 aliphatic heterocycles. The van der Waals surface area contributed by atoms with Crippen LogP contribution in [0.2, 0.25) is 0 Å². The number of hydrogen-bond donors (Lipinski definition) is 3. The van der Waals surface area contributed by atoms with Crippen molar-refractivity contribution >= 4 is 29.8 Å². The highest BCUT2D eigenvalue weighted by molar-refractivity contribution is 5.86. The second-order valence-electron chi connectivity index (χ2n) is 8.94. The summed E-state index contributed by atoms with van der Waals surface area (Å²) >= 11 is 0. The first-order valence-electron chi connectivity index (χ1n) is 12.5. The summed E-state index contributed by atoms with van der Waals surface area (Å²) in [7, 11) is 1.69. The Balaban J connectivity index is 0.000000490.